The van der Waals surface area contributed by atoms with Gasteiger partial charge in [-0.05, 0) is 25.1 Å². The summed E-state index contributed by atoms with van der Waals surface area (Å²) in [5.74, 6) is -0.543. The molecule has 1 aromatic heterocycles. The summed E-state index contributed by atoms with van der Waals surface area (Å²) >= 11 is 5.88. The van der Waals surface area contributed by atoms with Gasteiger partial charge >= 0.3 is 0 Å². The number of aromatic nitrogens is 1. The maximum absolute atomic E-state index is 13.8. The highest BCUT2D eigenvalue weighted by Gasteiger charge is 2.17. The van der Waals surface area contributed by atoms with Gasteiger partial charge in [0.25, 0.3) is 6.43 Å². The molecule has 0 unspecified atom stereocenters. The third-order valence-electron chi connectivity index (χ3n) is 2.47. The van der Waals surface area contributed by atoms with E-state index >= 15 is 0 Å². The normalized spacial score (nSPS) is 11.2. The van der Waals surface area contributed by atoms with E-state index in [4.69, 9.17) is 11.6 Å². The molecule has 0 amide bonds. The molecule has 1 heterocycles. The van der Waals surface area contributed by atoms with Crippen LogP contribution in [0.15, 0.2) is 18.2 Å². The third-order valence-corrected chi connectivity index (χ3v) is 2.78. The molecule has 2 rings (SSSR count). The predicted molar refractivity (Wildman–Crippen MR) is 65.8 cm³/mol. The second-order valence-corrected chi connectivity index (χ2v) is 4.09. The van der Waals surface area contributed by atoms with Gasteiger partial charge < -0.3 is 5.32 Å². The van der Waals surface area contributed by atoms with Crippen LogP contribution in [0.1, 0.15) is 19.0 Å². The summed E-state index contributed by atoms with van der Waals surface area (Å²) in [6.07, 6.45) is -2.73. The molecule has 18 heavy (non-hydrogen) atoms. The van der Waals surface area contributed by atoms with Gasteiger partial charge in [-0.25, -0.2) is 18.2 Å². The molecular weight excluding hydrogens is 265 g/mol. The minimum absolute atomic E-state index is 0.0467. The maximum Gasteiger partial charge on any atom is 0.280 e. The van der Waals surface area contributed by atoms with Gasteiger partial charge in [-0.2, -0.15) is 0 Å². The highest BCUT2D eigenvalue weighted by molar-refractivity contribution is 6.35. The molecule has 2 aromatic rings. The van der Waals surface area contributed by atoms with Gasteiger partial charge in [0.2, 0.25) is 0 Å². The fraction of sp³-hybridized carbons (Fsp3) is 0.250. The summed E-state index contributed by atoms with van der Waals surface area (Å²) in [7, 11) is 0. The van der Waals surface area contributed by atoms with Crippen molar-refractivity contribution in [1.82, 2.24) is 4.98 Å². The van der Waals surface area contributed by atoms with E-state index in [2.05, 4.69) is 10.3 Å². The van der Waals surface area contributed by atoms with E-state index in [1.807, 2.05) is 0 Å². The fourth-order valence-corrected chi connectivity index (χ4v) is 1.93. The molecule has 0 bridgehead atoms. The first-order valence-corrected chi connectivity index (χ1v) is 5.73. The lowest BCUT2D eigenvalue weighted by Crippen LogP contribution is -2.02. The third kappa shape index (κ3) is 2.22. The number of benzene rings is 1. The second-order valence-electron chi connectivity index (χ2n) is 3.68. The Morgan fingerprint density at radius 3 is 2.72 bits per heavy atom. The number of nitrogens with zero attached hydrogens (tertiary/aromatic N) is 1. The van der Waals surface area contributed by atoms with Crippen LogP contribution in [0.2, 0.25) is 5.02 Å². The molecule has 0 spiro atoms. The number of hydrogen-bond donors (Lipinski definition) is 1. The molecule has 2 nitrogen and oxygen atoms in total. The first-order valence-electron chi connectivity index (χ1n) is 5.35. The molecule has 0 aliphatic rings. The lowest BCUT2D eigenvalue weighted by molar-refractivity contribution is 0.146. The molecule has 0 radical (unpaired) electrons. The molecule has 0 aliphatic heterocycles. The summed E-state index contributed by atoms with van der Waals surface area (Å²) in [5, 5.41) is 3.12. The maximum atomic E-state index is 13.8. The number of halogens is 4. The van der Waals surface area contributed by atoms with Crippen LogP contribution in [0.25, 0.3) is 10.9 Å². The van der Waals surface area contributed by atoms with E-state index in [9.17, 15) is 13.2 Å². The fourth-order valence-electron chi connectivity index (χ4n) is 1.73. The van der Waals surface area contributed by atoms with Crippen molar-refractivity contribution in [2.45, 2.75) is 13.3 Å². The van der Waals surface area contributed by atoms with Gasteiger partial charge in [-0.15, -0.1) is 0 Å². The Labute approximate surface area is 107 Å². The summed E-state index contributed by atoms with van der Waals surface area (Å²) < 4.78 is 39.2. The van der Waals surface area contributed by atoms with Crippen LogP contribution >= 0.6 is 11.6 Å². The van der Waals surface area contributed by atoms with Crippen molar-refractivity contribution in [3.05, 3.63) is 34.7 Å². The zero-order valence-electron chi connectivity index (χ0n) is 9.48. The highest BCUT2D eigenvalue weighted by atomic mass is 35.5. The number of nitrogens with one attached hydrogen (secondary N) is 1. The van der Waals surface area contributed by atoms with Crippen LogP contribution in [-0.2, 0) is 0 Å². The Kier molecular flexibility index (Phi) is 3.61. The van der Waals surface area contributed by atoms with Crippen molar-refractivity contribution in [1.29, 1.82) is 0 Å². The lowest BCUT2D eigenvalue weighted by Gasteiger charge is -2.11. The van der Waals surface area contributed by atoms with Gasteiger partial charge in [0, 0.05) is 12.2 Å². The molecule has 1 N–H and O–H groups in total. The predicted octanol–water partition coefficient (Wildman–Crippen LogP) is 4.40. The van der Waals surface area contributed by atoms with E-state index in [1.165, 1.54) is 12.1 Å². The van der Waals surface area contributed by atoms with Crippen molar-refractivity contribution >= 4 is 28.2 Å². The van der Waals surface area contributed by atoms with Gasteiger partial charge in [-0.3, -0.25) is 0 Å². The second kappa shape index (κ2) is 5.02. The summed E-state index contributed by atoms with van der Waals surface area (Å²) in [4.78, 5) is 3.72. The van der Waals surface area contributed by atoms with Crippen LogP contribution in [-0.4, -0.2) is 11.5 Å². The minimum Gasteiger partial charge on any atom is -0.385 e. The van der Waals surface area contributed by atoms with Crippen molar-refractivity contribution in [3.8, 4) is 0 Å². The lowest BCUT2D eigenvalue weighted by atomic mass is 10.1. The Morgan fingerprint density at radius 1 is 1.39 bits per heavy atom. The number of anilines is 1. The van der Waals surface area contributed by atoms with Crippen LogP contribution in [0.3, 0.4) is 0 Å². The Hall–Kier alpha value is -1.49. The molecule has 0 fully saturated rings. The molecule has 1 aromatic carbocycles. The highest BCUT2D eigenvalue weighted by Crippen LogP contribution is 2.33. The standard InChI is InChI=1S/C12H10ClF3N2/c1-2-17-8-5-9(12(15)16)18-11-6(13)3-4-7(14)10(8)11/h3-5,12H,2H2,1H3,(H,17,18). The summed E-state index contributed by atoms with van der Waals surface area (Å²) in [6.45, 7) is 2.27. The van der Waals surface area contributed by atoms with E-state index < -0.39 is 17.9 Å². The zero-order chi connectivity index (χ0) is 13.3. The average molecular weight is 275 g/mol. The van der Waals surface area contributed by atoms with Crippen LogP contribution < -0.4 is 5.32 Å². The van der Waals surface area contributed by atoms with Crippen molar-refractivity contribution in [2.24, 2.45) is 0 Å². The van der Waals surface area contributed by atoms with Crippen molar-refractivity contribution in [3.63, 3.8) is 0 Å². The monoisotopic (exact) mass is 274 g/mol. The first kappa shape index (κ1) is 13.0. The van der Waals surface area contributed by atoms with E-state index in [-0.39, 0.29) is 21.6 Å². The van der Waals surface area contributed by atoms with Gasteiger partial charge in [0.1, 0.15) is 11.5 Å². The summed E-state index contributed by atoms with van der Waals surface area (Å²) in [6, 6.07) is 3.64. The van der Waals surface area contributed by atoms with Gasteiger partial charge in [-0.1, -0.05) is 11.6 Å². The largest absolute Gasteiger partial charge is 0.385 e. The SMILES string of the molecule is CCNc1cc(C(F)F)nc2c(Cl)ccc(F)c12. The average Bonchev–Trinajstić information content (AvgIpc) is 2.33. The number of rotatable bonds is 3. The van der Waals surface area contributed by atoms with E-state index in [0.717, 1.165) is 6.07 Å². The topological polar surface area (TPSA) is 24.9 Å². The van der Waals surface area contributed by atoms with Crippen LogP contribution in [0.5, 0.6) is 0 Å². The smallest absolute Gasteiger partial charge is 0.280 e. The van der Waals surface area contributed by atoms with E-state index in [1.54, 1.807) is 6.92 Å². The Balaban J connectivity index is 2.80. The molecule has 0 saturated heterocycles. The summed E-state index contributed by atoms with van der Waals surface area (Å²) in [5.41, 5.74) is -0.103. The molecule has 0 saturated carbocycles. The molecule has 0 aliphatic carbocycles. The molecular formula is C12H10ClF3N2. The van der Waals surface area contributed by atoms with Gasteiger partial charge in [0.15, 0.2) is 0 Å². The number of hydrogen-bond acceptors (Lipinski definition) is 2. The Morgan fingerprint density at radius 2 is 2.11 bits per heavy atom. The zero-order valence-corrected chi connectivity index (χ0v) is 10.2. The quantitative estimate of drug-likeness (QED) is 0.897. The van der Waals surface area contributed by atoms with Gasteiger partial charge in [0.05, 0.1) is 15.9 Å². The van der Waals surface area contributed by atoms with Crippen LogP contribution in [0.4, 0.5) is 18.9 Å². The first-order chi connectivity index (χ1) is 8.54. The molecule has 0 atom stereocenters. The molecule has 6 heteroatoms. The minimum atomic E-state index is -2.73. The van der Waals surface area contributed by atoms with Crippen LogP contribution in [0, 0.1) is 5.82 Å². The van der Waals surface area contributed by atoms with Crippen molar-refractivity contribution < 1.29 is 13.2 Å². The van der Waals surface area contributed by atoms with Crippen molar-refractivity contribution in [2.75, 3.05) is 11.9 Å². The Bertz CT molecular complexity index is 587. The number of fused-ring (bicyclic) bond motifs is 1. The number of pyridine rings is 1. The molecule has 96 valence electrons. The van der Waals surface area contributed by atoms with E-state index in [0.29, 0.717) is 6.54 Å². The number of alkyl halides is 2.